The van der Waals surface area contributed by atoms with Crippen LogP contribution in [0.5, 0.6) is 0 Å². The summed E-state index contributed by atoms with van der Waals surface area (Å²) < 4.78 is 14.7. The monoisotopic (exact) mass is 396 g/mol. The predicted octanol–water partition coefficient (Wildman–Crippen LogP) is 3.20. The third-order valence-corrected chi connectivity index (χ3v) is 4.59. The molecule has 0 aliphatic heterocycles. The Morgan fingerprint density at radius 3 is 2.68 bits per heavy atom. The molecule has 0 atom stereocenters. The minimum Gasteiger partial charge on any atom is -0.311 e. The first-order valence-corrected chi connectivity index (χ1v) is 9.03. The Balaban J connectivity index is 1.58. The Morgan fingerprint density at radius 1 is 1.14 bits per heavy atom. The second kappa shape index (κ2) is 7.16. The molecule has 3 heterocycles. The lowest BCUT2D eigenvalue weighted by atomic mass is 10.2. The number of hydrogen-bond donors (Lipinski definition) is 2. The Bertz CT molecular complexity index is 1180. The number of carbonyl (C=O) groups excluding carboxylic acids is 2. The molecule has 1 aromatic carbocycles. The van der Waals surface area contributed by atoms with Crippen molar-refractivity contribution < 1.29 is 14.0 Å². The van der Waals surface area contributed by atoms with Crippen LogP contribution in [0, 0.1) is 5.82 Å². The normalized spacial score (nSPS) is 10.8. The van der Waals surface area contributed by atoms with E-state index in [1.807, 2.05) is 5.38 Å². The number of anilines is 2. The second-order valence-corrected chi connectivity index (χ2v) is 6.66. The standard InChI is InChI=1S/C18H13FN6O2S/c1-10(26)21-15-8-12(6-7-20-15)16(27)22-17-23-18-25(24-17)14(9-28-18)11-2-4-13(19)5-3-11/h2-9H,1H3,(H,20,21,26)(H,22,24,27). The van der Waals surface area contributed by atoms with E-state index in [1.165, 1.54) is 48.7 Å². The highest BCUT2D eigenvalue weighted by Crippen LogP contribution is 2.26. The first-order valence-electron chi connectivity index (χ1n) is 8.15. The van der Waals surface area contributed by atoms with Gasteiger partial charge in [-0.15, -0.1) is 16.4 Å². The van der Waals surface area contributed by atoms with Gasteiger partial charge in [0.05, 0.1) is 5.69 Å². The number of fused-ring (bicyclic) bond motifs is 1. The third kappa shape index (κ3) is 3.58. The van der Waals surface area contributed by atoms with Crippen LogP contribution in [0.2, 0.25) is 0 Å². The SMILES string of the molecule is CC(=O)Nc1cc(C(=O)Nc2nc3scc(-c4ccc(F)cc4)n3n2)ccn1. The molecular formula is C18H13FN6O2S. The number of hydrogen-bond acceptors (Lipinski definition) is 6. The molecule has 0 fully saturated rings. The van der Waals surface area contributed by atoms with Gasteiger partial charge >= 0.3 is 0 Å². The van der Waals surface area contributed by atoms with E-state index in [0.29, 0.717) is 10.5 Å². The Morgan fingerprint density at radius 2 is 1.93 bits per heavy atom. The smallest absolute Gasteiger partial charge is 0.258 e. The second-order valence-electron chi connectivity index (χ2n) is 5.82. The molecule has 0 aliphatic carbocycles. The maximum Gasteiger partial charge on any atom is 0.258 e. The van der Waals surface area contributed by atoms with Crippen molar-refractivity contribution in [2.75, 3.05) is 10.6 Å². The van der Waals surface area contributed by atoms with E-state index >= 15 is 0 Å². The van der Waals surface area contributed by atoms with Crippen LogP contribution in [0.15, 0.2) is 48.0 Å². The van der Waals surface area contributed by atoms with Crippen LogP contribution in [0.25, 0.3) is 16.2 Å². The van der Waals surface area contributed by atoms with Gasteiger partial charge in [-0.1, -0.05) is 0 Å². The number of pyridine rings is 1. The largest absolute Gasteiger partial charge is 0.311 e. The molecular weight excluding hydrogens is 383 g/mol. The maximum atomic E-state index is 13.1. The molecule has 140 valence electrons. The summed E-state index contributed by atoms with van der Waals surface area (Å²) in [6, 6.07) is 9.01. The highest BCUT2D eigenvalue weighted by Gasteiger charge is 2.15. The van der Waals surface area contributed by atoms with Crippen molar-refractivity contribution in [1.29, 1.82) is 0 Å². The van der Waals surface area contributed by atoms with Crippen molar-refractivity contribution in [1.82, 2.24) is 19.6 Å². The molecule has 2 N–H and O–H groups in total. The summed E-state index contributed by atoms with van der Waals surface area (Å²) >= 11 is 1.35. The molecule has 3 aromatic heterocycles. The summed E-state index contributed by atoms with van der Waals surface area (Å²) in [6.45, 7) is 1.36. The van der Waals surface area contributed by atoms with Gasteiger partial charge in [0.15, 0.2) is 0 Å². The van der Waals surface area contributed by atoms with E-state index in [-0.39, 0.29) is 23.5 Å². The van der Waals surface area contributed by atoms with Crippen LogP contribution in [-0.4, -0.2) is 31.4 Å². The third-order valence-electron chi connectivity index (χ3n) is 3.77. The van der Waals surface area contributed by atoms with Crippen molar-refractivity contribution >= 4 is 39.9 Å². The van der Waals surface area contributed by atoms with Crippen LogP contribution < -0.4 is 10.6 Å². The van der Waals surface area contributed by atoms with E-state index < -0.39 is 5.91 Å². The molecule has 2 amide bonds. The van der Waals surface area contributed by atoms with Gasteiger partial charge in [-0.2, -0.15) is 4.98 Å². The molecule has 8 nitrogen and oxygen atoms in total. The summed E-state index contributed by atoms with van der Waals surface area (Å²) in [6.07, 6.45) is 1.42. The fourth-order valence-electron chi connectivity index (χ4n) is 2.55. The number of nitrogens with one attached hydrogen (secondary N) is 2. The van der Waals surface area contributed by atoms with Gasteiger partial charge in [-0.05, 0) is 36.4 Å². The minimum absolute atomic E-state index is 0.137. The van der Waals surface area contributed by atoms with Crippen LogP contribution >= 0.6 is 11.3 Å². The molecule has 0 spiro atoms. The predicted molar refractivity (Wildman–Crippen MR) is 103 cm³/mol. The molecule has 0 unspecified atom stereocenters. The maximum absolute atomic E-state index is 13.1. The summed E-state index contributed by atoms with van der Waals surface area (Å²) in [5.74, 6) is -0.627. The molecule has 0 aliphatic rings. The van der Waals surface area contributed by atoms with Gasteiger partial charge in [0.2, 0.25) is 10.9 Å². The lowest BCUT2D eigenvalue weighted by Crippen LogP contribution is -2.14. The average Bonchev–Trinajstić information content (AvgIpc) is 3.22. The van der Waals surface area contributed by atoms with Gasteiger partial charge in [0, 0.05) is 29.6 Å². The quantitative estimate of drug-likeness (QED) is 0.552. The van der Waals surface area contributed by atoms with E-state index in [9.17, 15) is 14.0 Å². The average molecular weight is 396 g/mol. The number of carbonyl (C=O) groups is 2. The van der Waals surface area contributed by atoms with Crippen molar-refractivity contribution in [3.8, 4) is 11.3 Å². The molecule has 10 heteroatoms. The minimum atomic E-state index is -0.435. The van der Waals surface area contributed by atoms with E-state index in [2.05, 4.69) is 25.7 Å². The fraction of sp³-hybridized carbons (Fsp3) is 0.0556. The number of rotatable bonds is 4. The fourth-order valence-corrected chi connectivity index (χ4v) is 3.38. The number of amides is 2. The lowest BCUT2D eigenvalue weighted by Gasteiger charge is -2.04. The molecule has 0 saturated carbocycles. The highest BCUT2D eigenvalue weighted by molar-refractivity contribution is 7.15. The summed E-state index contributed by atoms with van der Waals surface area (Å²) in [4.78, 5) is 32.4. The van der Waals surface area contributed by atoms with Crippen LogP contribution in [0.3, 0.4) is 0 Å². The van der Waals surface area contributed by atoms with E-state index in [0.717, 1.165) is 11.3 Å². The molecule has 4 aromatic rings. The van der Waals surface area contributed by atoms with Crippen LogP contribution in [-0.2, 0) is 4.79 Å². The summed E-state index contributed by atoms with van der Waals surface area (Å²) in [7, 11) is 0. The van der Waals surface area contributed by atoms with E-state index in [1.54, 1.807) is 16.6 Å². The topological polar surface area (TPSA) is 101 Å². The Hall–Kier alpha value is -3.66. The number of halogens is 1. The van der Waals surface area contributed by atoms with Crippen molar-refractivity contribution in [2.45, 2.75) is 6.92 Å². The zero-order valence-corrected chi connectivity index (χ0v) is 15.3. The van der Waals surface area contributed by atoms with Gasteiger partial charge in [0.1, 0.15) is 11.6 Å². The van der Waals surface area contributed by atoms with Crippen LogP contribution in [0.4, 0.5) is 16.2 Å². The van der Waals surface area contributed by atoms with Gasteiger partial charge in [-0.25, -0.2) is 13.9 Å². The van der Waals surface area contributed by atoms with Crippen LogP contribution in [0.1, 0.15) is 17.3 Å². The van der Waals surface area contributed by atoms with Crippen molar-refractivity contribution in [3.05, 3.63) is 59.4 Å². The van der Waals surface area contributed by atoms with Gasteiger partial charge in [-0.3, -0.25) is 14.9 Å². The number of aromatic nitrogens is 4. The summed E-state index contributed by atoms with van der Waals surface area (Å²) in [5.41, 5.74) is 1.82. The number of benzene rings is 1. The Labute approximate surface area is 162 Å². The molecule has 0 radical (unpaired) electrons. The van der Waals surface area contributed by atoms with E-state index in [4.69, 9.17) is 0 Å². The molecule has 4 rings (SSSR count). The first-order chi connectivity index (χ1) is 13.5. The number of nitrogens with zero attached hydrogens (tertiary/aromatic N) is 4. The molecule has 0 saturated heterocycles. The highest BCUT2D eigenvalue weighted by atomic mass is 32.1. The zero-order chi connectivity index (χ0) is 19.7. The first kappa shape index (κ1) is 17.7. The summed E-state index contributed by atoms with van der Waals surface area (Å²) in [5, 5.41) is 11.3. The van der Waals surface area contributed by atoms with Gasteiger partial charge < -0.3 is 5.32 Å². The Kier molecular flexibility index (Phi) is 4.53. The molecule has 28 heavy (non-hydrogen) atoms. The lowest BCUT2D eigenvalue weighted by molar-refractivity contribution is -0.114. The zero-order valence-electron chi connectivity index (χ0n) is 14.5. The van der Waals surface area contributed by atoms with Crippen molar-refractivity contribution in [2.24, 2.45) is 0 Å². The van der Waals surface area contributed by atoms with Crippen molar-refractivity contribution in [3.63, 3.8) is 0 Å². The number of thiazole rings is 1. The van der Waals surface area contributed by atoms with Gasteiger partial charge in [0.25, 0.3) is 11.9 Å². The molecule has 0 bridgehead atoms.